The topological polar surface area (TPSA) is 42.2 Å². The molecule has 14 heavy (non-hydrogen) atoms. The molecule has 0 amide bonds. The first-order chi connectivity index (χ1) is 6.62. The molecule has 1 aromatic heterocycles. The molecule has 2 rings (SSSR count). The predicted octanol–water partition coefficient (Wildman–Crippen LogP) is 1.39. The van der Waals surface area contributed by atoms with Crippen LogP contribution in [0.2, 0.25) is 0 Å². The van der Waals surface area contributed by atoms with Crippen LogP contribution < -0.4 is 10.6 Å². The van der Waals surface area contributed by atoms with Gasteiger partial charge in [0.15, 0.2) is 0 Å². The van der Waals surface area contributed by atoms with Gasteiger partial charge in [-0.2, -0.15) is 0 Å². The lowest BCUT2D eigenvalue weighted by Crippen LogP contribution is -2.53. The van der Waals surface area contributed by atoms with Crippen molar-refractivity contribution in [3.05, 3.63) is 24.0 Å². The van der Waals surface area contributed by atoms with Crippen LogP contribution in [0, 0.1) is 5.41 Å². The number of pyridine rings is 1. The van der Waals surface area contributed by atoms with E-state index in [4.69, 9.17) is 5.73 Å². The second-order valence-electron chi connectivity index (χ2n) is 4.73. The van der Waals surface area contributed by atoms with Crippen LogP contribution in [-0.2, 0) is 6.54 Å². The van der Waals surface area contributed by atoms with Gasteiger partial charge < -0.3 is 10.6 Å². The molecule has 1 aromatic rings. The second kappa shape index (κ2) is 3.24. The van der Waals surface area contributed by atoms with E-state index in [-0.39, 0.29) is 0 Å². The maximum atomic E-state index is 5.67. The van der Waals surface area contributed by atoms with Gasteiger partial charge in [-0.15, -0.1) is 0 Å². The summed E-state index contributed by atoms with van der Waals surface area (Å²) in [4.78, 5) is 6.45. The summed E-state index contributed by atoms with van der Waals surface area (Å²) in [7, 11) is 0. The Morgan fingerprint density at radius 2 is 2.21 bits per heavy atom. The highest BCUT2D eigenvalue weighted by atomic mass is 15.2. The molecule has 0 bridgehead atoms. The first kappa shape index (κ1) is 9.46. The fourth-order valence-corrected chi connectivity index (χ4v) is 2.04. The number of hydrogen-bond donors (Lipinski definition) is 1. The van der Waals surface area contributed by atoms with Crippen molar-refractivity contribution in [3.8, 4) is 0 Å². The van der Waals surface area contributed by atoms with Crippen LogP contribution in [0.4, 0.5) is 5.69 Å². The molecule has 0 saturated carbocycles. The Balaban J connectivity index is 2.18. The molecule has 2 N–H and O–H groups in total. The standard InChI is InChI=1S/C11H17N3/c1-11(2)7-14(8-11)10-3-4-13-6-9(10)5-12/h3-4,6H,5,7-8,12H2,1-2H3. The highest BCUT2D eigenvalue weighted by molar-refractivity contribution is 5.54. The van der Waals surface area contributed by atoms with Crippen LogP contribution in [0.3, 0.4) is 0 Å². The molecule has 0 unspecified atom stereocenters. The van der Waals surface area contributed by atoms with Gasteiger partial charge in [0.2, 0.25) is 0 Å². The number of nitrogens with two attached hydrogens (primary N) is 1. The van der Waals surface area contributed by atoms with E-state index in [0.717, 1.165) is 18.7 Å². The third kappa shape index (κ3) is 1.60. The first-order valence-corrected chi connectivity index (χ1v) is 5.00. The van der Waals surface area contributed by atoms with Crippen molar-refractivity contribution < 1.29 is 0 Å². The number of rotatable bonds is 2. The predicted molar refractivity (Wildman–Crippen MR) is 58.1 cm³/mol. The lowest BCUT2D eigenvalue weighted by molar-refractivity contribution is 0.276. The number of hydrogen-bond acceptors (Lipinski definition) is 3. The summed E-state index contributed by atoms with van der Waals surface area (Å²) in [6, 6.07) is 2.05. The van der Waals surface area contributed by atoms with Gasteiger partial charge in [-0.05, 0) is 11.5 Å². The van der Waals surface area contributed by atoms with E-state index in [2.05, 4.69) is 29.8 Å². The largest absolute Gasteiger partial charge is 0.370 e. The number of aromatic nitrogens is 1. The molecule has 0 spiro atoms. The van der Waals surface area contributed by atoms with Crippen molar-refractivity contribution in [1.29, 1.82) is 0 Å². The van der Waals surface area contributed by atoms with Crippen molar-refractivity contribution in [2.75, 3.05) is 18.0 Å². The maximum Gasteiger partial charge on any atom is 0.0443 e. The van der Waals surface area contributed by atoms with Gasteiger partial charge in [-0.1, -0.05) is 13.8 Å². The monoisotopic (exact) mass is 191 g/mol. The fraction of sp³-hybridized carbons (Fsp3) is 0.545. The minimum absolute atomic E-state index is 0.454. The second-order valence-corrected chi connectivity index (χ2v) is 4.73. The highest BCUT2D eigenvalue weighted by Gasteiger charge is 2.34. The summed E-state index contributed by atoms with van der Waals surface area (Å²) >= 11 is 0. The maximum absolute atomic E-state index is 5.67. The Morgan fingerprint density at radius 3 is 2.79 bits per heavy atom. The molecule has 0 aliphatic carbocycles. The van der Waals surface area contributed by atoms with Crippen LogP contribution in [0.15, 0.2) is 18.5 Å². The average molecular weight is 191 g/mol. The molecule has 0 radical (unpaired) electrons. The van der Waals surface area contributed by atoms with Crippen LogP contribution in [0.25, 0.3) is 0 Å². The molecular weight excluding hydrogens is 174 g/mol. The zero-order chi connectivity index (χ0) is 10.2. The van der Waals surface area contributed by atoms with Crippen LogP contribution in [0.5, 0.6) is 0 Å². The van der Waals surface area contributed by atoms with Gasteiger partial charge in [-0.3, -0.25) is 4.98 Å². The Bertz CT molecular complexity index is 325. The average Bonchev–Trinajstić information content (AvgIpc) is 2.14. The summed E-state index contributed by atoms with van der Waals surface area (Å²) in [6.45, 7) is 7.37. The van der Waals surface area contributed by atoms with Crippen molar-refractivity contribution in [2.24, 2.45) is 11.1 Å². The zero-order valence-electron chi connectivity index (χ0n) is 8.83. The van der Waals surface area contributed by atoms with Crippen LogP contribution >= 0.6 is 0 Å². The number of anilines is 1. The van der Waals surface area contributed by atoms with E-state index in [1.54, 1.807) is 0 Å². The minimum Gasteiger partial charge on any atom is -0.370 e. The molecule has 76 valence electrons. The fourth-order valence-electron chi connectivity index (χ4n) is 2.04. The summed E-state index contributed by atoms with van der Waals surface area (Å²) in [5.74, 6) is 0. The van der Waals surface area contributed by atoms with Gasteiger partial charge in [0.05, 0.1) is 0 Å². The van der Waals surface area contributed by atoms with E-state index >= 15 is 0 Å². The highest BCUT2D eigenvalue weighted by Crippen LogP contribution is 2.34. The molecule has 0 aromatic carbocycles. The summed E-state index contributed by atoms with van der Waals surface area (Å²) < 4.78 is 0. The Kier molecular flexibility index (Phi) is 2.19. The van der Waals surface area contributed by atoms with E-state index in [1.165, 1.54) is 5.69 Å². The van der Waals surface area contributed by atoms with E-state index < -0.39 is 0 Å². The summed E-state index contributed by atoms with van der Waals surface area (Å²) in [5, 5.41) is 0. The van der Waals surface area contributed by atoms with E-state index in [0.29, 0.717) is 12.0 Å². The smallest absolute Gasteiger partial charge is 0.0443 e. The van der Waals surface area contributed by atoms with Crippen molar-refractivity contribution >= 4 is 5.69 Å². The van der Waals surface area contributed by atoms with Gasteiger partial charge in [-0.25, -0.2) is 0 Å². The molecule has 2 heterocycles. The first-order valence-electron chi connectivity index (χ1n) is 5.00. The van der Waals surface area contributed by atoms with E-state index in [1.807, 2.05) is 12.4 Å². The van der Waals surface area contributed by atoms with Crippen molar-refractivity contribution in [1.82, 2.24) is 4.98 Å². The molecular formula is C11H17N3. The van der Waals surface area contributed by atoms with Gasteiger partial charge in [0.25, 0.3) is 0 Å². The quantitative estimate of drug-likeness (QED) is 0.768. The van der Waals surface area contributed by atoms with Crippen molar-refractivity contribution in [3.63, 3.8) is 0 Å². The van der Waals surface area contributed by atoms with Crippen LogP contribution in [-0.4, -0.2) is 18.1 Å². The molecule has 3 heteroatoms. The third-order valence-electron chi connectivity index (χ3n) is 2.68. The number of nitrogens with zero attached hydrogens (tertiary/aromatic N) is 2. The lowest BCUT2D eigenvalue weighted by Gasteiger charge is -2.48. The normalized spacial score (nSPS) is 19.2. The van der Waals surface area contributed by atoms with Gasteiger partial charge in [0.1, 0.15) is 0 Å². The molecule has 1 aliphatic rings. The zero-order valence-corrected chi connectivity index (χ0v) is 8.83. The molecule has 1 fully saturated rings. The van der Waals surface area contributed by atoms with Gasteiger partial charge >= 0.3 is 0 Å². The summed E-state index contributed by atoms with van der Waals surface area (Å²) in [6.07, 6.45) is 3.69. The SMILES string of the molecule is CC1(C)CN(c2ccncc2CN)C1. The Labute approximate surface area is 84.9 Å². The molecule has 0 atom stereocenters. The summed E-state index contributed by atoms with van der Waals surface area (Å²) in [5.41, 5.74) is 8.52. The third-order valence-corrected chi connectivity index (χ3v) is 2.68. The Hall–Kier alpha value is -1.09. The van der Waals surface area contributed by atoms with E-state index in [9.17, 15) is 0 Å². The Morgan fingerprint density at radius 1 is 1.50 bits per heavy atom. The molecule has 1 aliphatic heterocycles. The van der Waals surface area contributed by atoms with Gasteiger partial charge in [0, 0.05) is 43.3 Å². The van der Waals surface area contributed by atoms with Crippen molar-refractivity contribution in [2.45, 2.75) is 20.4 Å². The minimum atomic E-state index is 0.454. The van der Waals surface area contributed by atoms with Crippen LogP contribution in [0.1, 0.15) is 19.4 Å². The molecule has 1 saturated heterocycles. The lowest BCUT2D eigenvalue weighted by atomic mass is 9.84. The molecule has 3 nitrogen and oxygen atoms in total.